The fraction of sp³-hybridized carbons (Fsp3) is 0.667. The van der Waals surface area contributed by atoms with E-state index >= 15 is 0 Å². The van der Waals surface area contributed by atoms with Crippen LogP contribution in [0.2, 0.25) is 0 Å². The summed E-state index contributed by atoms with van der Waals surface area (Å²) in [6.45, 7) is 6.53. The molecule has 2 heterocycles. The molecule has 21 heavy (non-hydrogen) atoms. The standard InChI is InChI=1S/C15H23N3O3/c1-4-6-15(14(19)20)7-5-8-18(15)12-9-16-10-13(17-12)21-11(2)3/h9-11H,4-8H2,1-3H3,(H,19,20). The number of anilines is 1. The van der Waals surface area contributed by atoms with Crippen LogP contribution in [0.25, 0.3) is 0 Å². The maximum absolute atomic E-state index is 11.8. The molecule has 0 bridgehead atoms. The summed E-state index contributed by atoms with van der Waals surface area (Å²) in [5.74, 6) is 0.241. The lowest BCUT2D eigenvalue weighted by atomic mass is 9.91. The van der Waals surface area contributed by atoms with Gasteiger partial charge in [0, 0.05) is 6.54 Å². The number of hydrogen-bond donors (Lipinski definition) is 1. The number of aromatic nitrogens is 2. The van der Waals surface area contributed by atoms with Gasteiger partial charge in [0.1, 0.15) is 5.54 Å². The fourth-order valence-electron chi connectivity index (χ4n) is 2.98. The van der Waals surface area contributed by atoms with Crippen LogP contribution in [0.4, 0.5) is 5.82 Å². The summed E-state index contributed by atoms with van der Waals surface area (Å²) in [5, 5.41) is 9.72. The first-order chi connectivity index (χ1) is 9.99. The second kappa shape index (κ2) is 6.28. The number of carboxylic acids is 1. The van der Waals surface area contributed by atoms with Crippen LogP contribution in [0.1, 0.15) is 46.5 Å². The summed E-state index contributed by atoms with van der Waals surface area (Å²) >= 11 is 0. The number of carboxylic acid groups (broad SMARTS) is 1. The van der Waals surface area contributed by atoms with Crippen molar-refractivity contribution < 1.29 is 14.6 Å². The quantitative estimate of drug-likeness (QED) is 0.868. The lowest BCUT2D eigenvalue weighted by Gasteiger charge is -2.35. The molecular weight excluding hydrogens is 270 g/mol. The molecule has 1 atom stereocenters. The van der Waals surface area contributed by atoms with Gasteiger partial charge in [0.2, 0.25) is 5.88 Å². The van der Waals surface area contributed by atoms with E-state index in [0.717, 1.165) is 12.8 Å². The Balaban J connectivity index is 2.33. The van der Waals surface area contributed by atoms with Gasteiger partial charge >= 0.3 is 5.97 Å². The van der Waals surface area contributed by atoms with Crippen molar-refractivity contribution in [2.45, 2.75) is 58.1 Å². The predicted molar refractivity (Wildman–Crippen MR) is 79.7 cm³/mol. The first kappa shape index (κ1) is 15.5. The molecule has 0 amide bonds. The summed E-state index contributed by atoms with van der Waals surface area (Å²) in [5.41, 5.74) is -0.861. The molecule has 1 aromatic rings. The van der Waals surface area contributed by atoms with Gasteiger partial charge < -0.3 is 14.7 Å². The minimum Gasteiger partial charge on any atom is -0.479 e. The van der Waals surface area contributed by atoms with Gasteiger partial charge in [-0.25, -0.2) is 4.79 Å². The summed E-state index contributed by atoms with van der Waals surface area (Å²) in [6, 6.07) is 0. The number of ether oxygens (including phenoxy) is 1. The van der Waals surface area contributed by atoms with Crippen molar-refractivity contribution in [1.29, 1.82) is 0 Å². The van der Waals surface area contributed by atoms with Gasteiger partial charge in [0.25, 0.3) is 0 Å². The molecule has 1 aliphatic heterocycles. The number of rotatable bonds is 6. The van der Waals surface area contributed by atoms with Gasteiger partial charge in [-0.05, 0) is 33.1 Å². The average molecular weight is 293 g/mol. The Morgan fingerprint density at radius 3 is 2.90 bits per heavy atom. The van der Waals surface area contributed by atoms with E-state index in [2.05, 4.69) is 9.97 Å². The van der Waals surface area contributed by atoms with Gasteiger partial charge in [-0.2, -0.15) is 4.98 Å². The van der Waals surface area contributed by atoms with Crippen LogP contribution in [0.15, 0.2) is 12.4 Å². The second-order valence-corrected chi connectivity index (χ2v) is 5.72. The SMILES string of the molecule is CCCC1(C(=O)O)CCCN1c1cncc(OC(C)C)n1. The largest absolute Gasteiger partial charge is 0.479 e. The minimum atomic E-state index is -0.861. The Bertz CT molecular complexity index is 507. The normalized spacial score (nSPS) is 21.8. The Hall–Kier alpha value is -1.85. The summed E-state index contributed by atoms with van der Waals surface area (Å²) < 4.78 is 5.56. The van der Waals surface area contributed by atoms with Crippen LogP contribution in [-0.2, 0) is 4.79 Å². The van der Waals surface area contributed by atoms with Gasteiger partial charge in [-0.15, -0.1) is 0 Å². The van der Waals surface area contributed by atoms with E-state index in [1.165, 1.54) is 0 Å². The molecule has 1 unspecified atom stereocenters. The van der Waals surface area contributed by atoms with E-state index in [9.17, 15) is 9.90 Å². The van der Waals surface area contributed by atoms with Crippen LogP contribution in [-0.4, -0.2) is 39.2 Å². The zero-order chi connectivity index (χ0) is 15.5. The highest BCUT2D eigenvalue weighted by atomic mass is 16.5. The molecule has 0 aromatic carbocycles. The smallest absolute Gasteiger partial charge is 0.329 e. The highest BCUT2D eigenvalue weighted by molar-refractivity contribution is 5.84. The van der Waals surface area contributed by atoms with Gasteiger partial charge in [-0.3, -0.25) is 4.98 Å². The van der Waals surface area contributed by atoms with E-state index < -0.39 is 11.5 Å². The fourth-order valence-corrected chi connectivity index (χ4v) is 2.98. The number of aliphatic carboxylic acids is 1. The molecule has 116 valence electrons. The molecule has 1 aliphatic rings. The maximum Gasteiger partial charge on any atom is 0.329 e. The van der Waals surface area contributed by atoms with Crippen molar-refractivity contribution in [2.24, 2.45) is 0 Å². The van der Waals surface area contributed by atoms with E-state index in [4.69, 9.17) is 4.74 Å². The summed E-state index contributed by atoms with van der Waals surface area (Å²) in [4.78, 5) is 22.3. The lowest BCUT2D eigenvalue weighted by molar-refractivity contribution is -0.143. The van der Waals surface area contributed by atoms with E-state index in [0.29, 0.717) is 31.1 Å². The highest BCUT2D eigenvalue weighted by Gasteiger charge is 2.47. The first-order valence-electron chi connectivity index (χ1n) is 7.49. The third kappa shape index (κ3) is 3.09. The topological polar surface area (TPSA) is 75.5 Å². The maximum atomic E-state index is 11.8. The number of carbonyl (C=O) groups is 1. The van der Waals surface area contributed by atoms with Crippen molar-refractivity contribution >= 4 is 11.8 Å². The Morgan fingerprint density at radius 2 is 2.29 bits per heavy atom. The molecule has 1 aromatic heterocycles. The molecule has 1 saturated heterocycles. The summed E-state index contributed by atoms with van der Waals surface area (Å²) in [7, 11) is 0. The molecule has 6 nitrogen and oxygen atoms in total. The molecule has 6 heteroatoms. The van der Waals surface area contributed by atoms with E-state index in [1.54, 1.807) is 12.4 Å². The van der Waals surface area contributed by atoms with Crippen LogP contribution < -0.4 is 9.64 Å². The van der Waals surface area contributed by atoms with E-state index in [-0.39, 0.29) is 6.10 Å². The van der Waals surface area contributed by atoms with Gasteiger partial charge in [0.05, 0.1) is 18.5 Å². The lowest BCUT2D eigenvalue weighted by Crippen LogP contribution is -2.51. The third-order valence-corrected chi connectivity index (χ3v) is 3.78. The highest BCUT2D eigenvalue weighted by Crippen LogP contribution is 2.37. The average Bonchev–Trinajstić information content (AvgIpc) is 2.84. The van der Waals surface area contributed by atoms with Gasteiger partial charge in [-0.1, -0.05) is 13.3 Å². The Labute approximate surface area is 125 Å². The Kier molecular flexibility index (Phi) is 4.65. The number of hydrogen-bond acceptors (Lipinski definition) is 5. The molecule has 0 radical (unpaired) electrons. The third-order valence-electron chi connectivity index (χ3n) is 3.78. The molecular formula is C15H23N3O3. The molecule has 1 fully saturated rings. The first-order valence-corrected chi connectivity index (χ1v) is 7.49. The minimum absolute atomic E-state index is 0.00741. The van der Waals surface area contributed by atoms with Crippen molar-refractivity contribution in [3.05, 3.63) is 12.4 Å². The molecule has 0 spiro atoms. The summed E-state index contributed by atoms with van der Waals surface area (Å²) in [6.07, 6.45) is 6.11. The molecule has 0 saturated carbocycles. The zero-order valence-electron chi connectivity index (χ0n) is 12.9. The van der Waals surface area contributed by atoms with Crippen LogP contribution in [0.3, 0.4) is 0 Å². The van der Waals surface area contributed by atoms with Crippen molar-refractivity contribution in [1.82, 2.24) is 9.97 Å². The number of nitrogens with zero attached hydrogens (tertiary/aromatic N) is 3. The predicted octanol–water partition coefficient (Wildman–Crippen LogP) is 2.49. The van der Waals surface area contributed by atoms with Crippen molar-refractivity contribution in [2.75, 3.05) is 11.4 Å². The van der Waals surface area contributed by atoms with E-state index in [1.807, 2.05) is 25.7 Å². The van der Waals surface area contributed by atoms with Crippen LogP contribution in [0, 0.1) is 0 Å². The Morgan fingerprint density at radius 1 is 1.52 bits per heavy atom. The molecule has 1 N–H and O–H groups in total. The van der Waals surface area contributed by atoms with Gasteiger partial charge in [0.15, 0.2) is 5.82 Å². The zero-order valence-corrected chi connectivity index (χ0v) is 12.9. The van der Waals surface area contributed by atoms with Crippen LogP contribution in [0.5, 0.6) is 5.88 Å². The van der Waals surface area contributed by atoms with Crippen LogP contribution >= 0.6 is 0 Å². The molecule has 0 aliphatic carbocycles. The van der Waals surface area contributed by atoms with Crippen molar-refractivity contribution in [3.63, 3.8) is 0 Å². The van der Waals surface area contributed by atoms with Crippen molar-refractivity contribution in [3.8, 4) is 5.88 Å². The molecule has 2 rings (SSSR count). The monoisotopic (exact) mass is 293 g/mol. The second-order valence-electron chi connectivity index (χ2n) is 5.72.